The molecule has 8 heteroatoms. The van der Waals surface area contributed by atoms with E-state index in [9.17, 15) is 17.6 Å². The van der Waals surface area contributed by atoms with Crippen molar-refractivity contribution >= 4 is 39.9 Å². The molecule has 0 fully saturated rings. The largest absolute Gasteiger partial charge is 0.416 e. The summed E-state index contributed by atoms with van der Waals surface area (Å²) >= 11 is 12.3. The van der Waals surface area contributed by atoms with Crippen LogP contribution < -0.4 is 0 Å². The Morgan fingerprint density at radius 1 is 1.08 bits per heavy atom. The van der Waals surface area contributed by atoms with Crippen LogP contribution in [0.1, 0.15) is 5.56 Å². The molecule has 0 saturated carbocycles. The number of halogens is 5. The van der Waals surface area contributed by atoms with E-state index >= 15 is 0 Å². The number of rotatable bonds is 2. The lowest BCUT2D eigenvalue weighted by Crippen LogP contribution is -2.15. The quantitative estimate of drug-likeness (QED) is 0.344. The molecule has 0 radical (unpaired) electrons. The predicted octanol–water partition coefficient (Wildman–Crippen LogP) is 6.10. The summed E-state index contributed by atoms with van der Waals surface area (Å²) in [6, 6.07) is 6.85. The molecule has 0 heterocycles. The van der Waals surface area contributed by atoms with Crippen molar-refractivity contribution in [1.82, 2.24) is 4.90 Å². The highest BCUT2D eigenvalue weighted by Crippen LogP contribution is 2.40. The van der Waals surface area contributed by atoms with Crippen molar-refractivity contribution in [2.24, 2.45) is 0 Å². The van der Waals surface area contributed by atoms with Crippen molar-refractivity contribution in [2.45, 2.75) is 11.1 Å². The van der Waals surface area contributed by atoms with Gasteiger partial charge in [-0.3, -0.25) is 0 Å². The zero-order chi connectivity index (χ0) is 18.1. The summed E-state index contributed by atoms with van der Waals surface area (Å²) in [6.45, 7) is 0. The van der Waals surface area contributed by atoms with Gasteiger partial charge in [-0.1, -0.05) is 41.6 Å². The number of alkyl halides is 3. The van der Waals surface area contributed by atoms with Crippen molar-refractivity contribution in [2.75, 3.05) is 14.1 Å². The Kier molecular flexibility index (Phi) is 5.78. The Hall–Kier alpha value is -1.31. The van der Waals surface area contributed by atoms with Gasteiger partial charge < -0.3 is 4.90 Å². The van der Waals surface area contributed by atoms with Crippen LogP contribution in [0.15, 0.2) is 41.3 Å². The minimum absolute atomic E-state index is 0.146. The third kappa shape index (κ3) is 4.40. The second-order valence-electron chi connectivity index (χ2n) is 5.10. The molecule has 0 unspecified atom stereocenters. The van der Waals surface area contributed by atoms with Crippen LogP contribution in [0.3, 0.4) is 0 Å². The SMILES string of the molecule is CN(C)C(=S)Sc1cc(F)ccc1-c1cc(C(F)(F)F)ccc1Cl. The number of thioether (sulfide) groups is 1. The van der Waals surface area contributed by atoms with Gasteiger partial charge in [0.15, 0.2) is 0 Å². The van der Waals surface area contributed by atoms with Gasteiger partial charge in [-0.05, 0) is 35.9 Å². The van der Waals surface area contributed by atoms with E-state index in [0.29, 0.717) is 14.8 Å². The molecular weight excluding hydrogens is 382 g/mol. The fraction of sp³-hybridized carbons (Fsp3) is 0.188. The van der Waals surface area contributed by atoms with Crippen LogP contribution in [0.25, 0.3) is 11.1 Å². The maximum Gasteiger partial charge on any atom is 0.416 e. The molecule has 2 aromatic rings. The van der Waals surface area contributed by atoms with Crippen LogP contribution >= 0.6 is 35.6 Å². The highest BCUT2D eigenvalue weighted by Gasteiger charge is 2.31. The van der Waals surface area contributed by atoms with Gasteiger partial charge in [0.25, 0.3) is 0 Å². The van der Waals surface area contributed by atoms with E-state index in [2.05, 4.69) is 0 Å². The second kappa shape index (κ2) is 7.29. The molecule has 0 aliphatic carbocycles. The lowest BCUT2D eigenvalue weighted by atomic mass is 10.0. The fourth-order valence-corrected chi connectivity index (χ4v) is 3.22. The van der Waals surface area contributed by atoms with Gasteiger partial charge >= 0.3 is 6.18 Å². The van der Waals surface area contributed by atoms with E-state index in [1.807, 2.05) is 0 Å². The van der Waals surface area contributed by atoms with Crippen LogP contribution in [0.5, 0.6) is 0 Å². The summed E-state index contributed by atoms with van der Waals surface area (Å²) in [4.78, 5) is 2.05. The molecule has 2 aromatic carbocycles. The van der Waals surface area contributed by atoms with Crippen LogP contribution in [-0.4, -0.2) is 23.3 Å². The molecule has 0 atom stereocenters. The van der Waals surface area contributed by atoms with Crippen LogP contribution in [0.2, 0.25) is 5.02 Å². The van der Waals surface area contributed by atoms with E-state index in [4.69, 9.17) is 23.8 Å². The zero-order valence-electron chi connectivity index (χ0n) is 12.6. The first kappa shape index (κ1) is 19.0. The van der Waals surface area contributed by atoms with Crippen LogP contribution in [-0.2, 0) is 6.18 Å². The maximum atomic E-state index is 13.6. The summed E-state index contributed by atoms with van der Waals surface area (Å²) in [7, 11) is 3.46. The van der Waals surface area contributed by atoms with Crippen molar-refractivity contribution in [3.05, 3.63) is 52.8 Å². The van der Waals surface area contributed by atoms with Gasteiger partial charge in [-0.25, -0.2) is 4.39 Å². The molecule has 0 saturated heterocycles. The number of benzene rings is 2. The van der Waals surface area contributed by atoms with E-state index in [1.165, 1.54) is 24.3 Å². The third-order valence-electron chi connectivity index (χ3n) is 3.09. The number of thiocarbonyl (C=S) groups is 1. The Morgan fingerprint density at radius 2 is 1.75 bits per heavy atom. The van der Waals surface area contributed by atoms with Crippen molar-refractivity contribution in [1.29, 1.82) is 0 Å². The van der Waals surface area contributed by atoms with Gasteiger partial charge in [0.1, 0.15) is 10.1 Å². The topological polar surface area (TPSA) is 3.24 Å². The lowest BCUT2D eigenvalue weighted by Gasteiger charge is -2.17. The van der Waals surface area contributed by atoms with Gasteiger partial charge in [-0.2, -0.15) is 13.2 Å². The molecule has 0 aliphatic rings. The van der Waals surface area contributed by atoms with Crippen molar-refractivity contribution < 1.29 is 17.6 Å². The molecule has 0 aliphatic heterocycles. The van der Waals surface area contributed by atoms with E-state index in [-0.39, 0.29) is 10.6 Å². The standard InChI is InChI=1S/C16H12ClF4NS2/c1-22(2)15(23)24-14-8-10(18)4-5-11(14)12-7-9(16(19,20)21)3-6-13(12)17/h3-8H,1-2H3. The molecule has 24 heavy (non-hydrogen) atoms. The van der Waals surface area contributed by atoms with Crippen LogP contribution in [0.4, 0.5) is 17.6 Å². The molecule has 0 N–H and O–H groups in total. The molecule has 2 rings (SSSR count). The summed E-state index contributed by atoms with van der Waals surface area (Å²) in [6.07, 6.45) is -4.49. The molecule has 0 bridgehead atoms. The molecule has 1 nitrogen and oxygen atoms in total. The maximum absolute atomic E-state index is 13.6. The number of hydrogen-bond donors (Lipinski definition) is 0. The van der Waals surface area contributed by atoms with Gasteiger partial charge in [-0.15, -0.1) is 0 Å². The first-order valence-electron chi connectivity index (χ1n) is 6.65. The van der Waals surface area contributed by atoms with Crippen molar-refractivity contribution in [3.8, 4) is 11.1 Å². The third-order valence-corrected chi connectivity index (χ3v) is 5.13. The Bertz CT molecular complexity index is 775. The highest BCUT2D eigenvalue weighted by molar-refractivity contribution is 8.23. The predicted molar refractivity (Wildman–Crippen MR) is 94.0 cm³/mol. The highest BCUT2D eigenvalue weighted by atomic mass is 35.5. The average Bonchev–Trinajstić information content (AvgIpc) is 2.47. The molecular formula is C16H12ClF4NS2. The summed E-state index contributed by atoms with van der Waals surface area (Å²) in [5, 5.41) is 0.146. The normalized spacial score (nSPS) is 11.5. The van der Waals surface area contributed by atoms with E-state index in [1.54, 1.807) is 19.0 Å². The fourth-order valence-electron chi connectivity index (χ4n) is 1.90. The zero-order valence-corrected chi connectivity index (χ0v) is 15.0. The molecule has 0 spiro atoms. The minimum atomic E-state index is -4.49. The second-order valence-corrected chi connectivity index (χ2v) is 7.18. The molecule has 128 valence electrons. The smallest absolute Gasteiger partial charge is 0.363 e. The Balaban J connectivity index is 2.58. The summed E-state index contributed by atoms with van der Waals surface area (Å²) in [5.41, 5.74) is -0.255. The first-order chi connectivity index (χ1) is 11.1. The van der Waals surface area contributed by atoms with Crippen molar-refractivity contribution in [3.63, 3.8) is 0 Å². The minimum Gasteiger partial charge on any atom is -0.363 e. The lowest BCUT2D eigenvalue weighted by molar-refractivity contribution is -0.137. The van der Waals surface area contributed by atoms with E-state index < -0.39 is 17.6 Å². The Morgan fingerprint density at radius 3 is 2.33 bits per heavy atom. The van der Waals surface area contributed by atoms with Crippen LogP contribution in [0, 0.1) is 5.82 Å². The monoisotopic (exact) mass is 393 g/mol. The van der Waals surface area contributed by atoms with Gasteiger partial charge in [0.05, 0.1) is 5.56 Å². The Labute approximate surface area is 151 Å². The first-order valence-corrected chi connectivity index (χ1v) is 8.25. The summed E-state index contributed by atoms with van der Waals surface area (Å²) in [5.74, 6) is -0.508. The number of hydrogen-bond acceptors (Lipinski definition) is 2. The number of nitrogens with zero attached hydrogens (tertiary/aromatic N) is 1. The van der Waals surface area contributed by atoms with Gasteiger partial charge in [0, 0.05) is 29.6 Å². The van der Waals surface area contributed by atoms with Gasteiger partial charge in [0.2, 0.25) is 0 Å². The van der Waals surface area contributed by atoms with E-state index in [0.717, 1.165) is 23.9 Å². The molecule has 0 aromatic heterocycles. The summed E-state index contributed by atoms with van der Waals surface area (Å²) < 4.78 is 52.9. The molecule has 0 amide bonds. The average molecular weight is 394 g/mol.